The summed E-state index contributed by atoms with van der Waals surface area (Å²) >= 11 is 12.6. The topological polar surface area (TPSA) is 90.7 Å². The molecule has 7 nitrogen and oxygen atoms in total. The number of hydrogen-bond donors (Lipinski definition) is 1. The minimum atomic E-state index is -0.723. The Hall–Kier alpha value is -3.29. The molecule has 0 aliphatic carbocycles. The third-order valence-corrected chi connectivity index (χ3v) is 5.50. The maximum absolute atomic E-state index is 12.0. The van der Waals surface area contributed by atoms with Gasteiger partial charge in [0.05, 0.1) is 22.2 Å². The van der Waals surface area contributed by atoms with E-state index in [2.05, 4.69) is 10.5 Å². The van der Waals surface area contributed by atoms with E-state index < -0.39 is 17.9 Å². The Morgan fingerprint density at radius 2 is 1.82 bits per heavy atom. The molecule has 0 bridgehead atoms. The van der Waals surface area contributed by atoms with Crippen molar-refractivity contribution < 1.29 is 23.6 Å². The maximum Gasteiger partial charge on any atom is 0.328 e. The van der Waals surface area contributed by atoms with E-state index in [-0.39, 0.29) is 13.2 Å². The number of benzene rings is 2. The number of nitrogens with one attached hydrogen (secondary N) is 1. The molecule has 0 spiro atoms. The number of hydrogen-bond acceptors (Lipinski definition) is 6. The molecule has 1 amide bonds. The second-order valence-electron chi connectivity index (χ2n) is 7.34. The minimum absolute atomic E-state index is 0.204. The number of halogens is 2. The van der Waals surface area contributed by atoms with Crippen LogP contribution in [0, 0.1) is 6.92 Å². The molecular formula is C25H24Cl2N2O5. The van der Waals surface area contributed by atoms with Gasteiger partial charge in [0.2, 0.25) is 5.91 Å². The highest BCUT2D eigenvalue weighted by Gasteiger charge is 2.20. The molecule has 3 aromatic rings. The second kappa shape index (κ2) is 11.7. The van der Waals surface area contributed by atoms with Gasteiger partial charge in [-0.3, -0.25) is 4.79 Å². The molecule has 2 aromatic carbocycles. The molecule has 1 atom stereocenters. The van der Waals surface area contributed by atoms with Crippen molar-refractivity contribution in [3.63, 3.8) is 0 Å². The summed E-state index contributed by atoms with van der Waals surface area (Å²) in [5.74, 6) is 0.353. The molecule has 9 heteroatoms. The third kappa shape index (κ3) is 6.40. The summed E-state index contributed by atoms with van der Waals surface area (Å²) in [7, 11) is 0. The fraction of sp³-hybridized carbons (Fsp3) is 0.240. The molecule has 1 heterocycles. The molecule has 0 radical (unpaired) electrons. The average Bonchev–Trinajstić information content (AvgIpc) is 3.17. The SMILES string of the molecule is CCOC(=O)[C@H](C)NC(=O)/C=C/c1ccc(OCc2c(-c3c(Cl)cccc3Cl)noc2C)cc1. The van der Waals surface area contributed by atoms with E-state index in [4.69, 9.17) is 37.2 Å². The standard InChI is InChI=1S/C25H24Cl2N2O5/c1-4-32-25(31)15(2)28-22(30)13-10-17-8-11-18(12-9-17)33-14-19-16(3)34-29-24(19)23-20(26)6-5-7-21(23)27/h5-13,15H,4,14H2,1-3H3,(H,28,30)/b13-10+/t15-/m0/s1. The summed E-state index contributed by atoms with van der Waals surface area (Å²) < 4.78 is 16.1. The van der Waals surface area contributed by atoms with Crippen molar-refractivity contribution in [2.75, 3.05) is 6.61 Å². The van der Waals surface area contributed by atoms with Crippen LogP contribution in [0.3, 0.4) is 0 Å². The first kappa shape index (κ1) is 25.3. The molecule has 0 fully saturated rings. The van der Waals surface area contributed by atoms with Crippen molar-refractivity contribution in [1.29, 1.82) is 0 Å². The number of carbonyl (C=O) groups is 2. The van der Waals surface area contributed by atoms with Gasteiger partial charge >= 0.3 is 5.97 Å². The monoisotopic (exact) mass is 502 g/mol. The van der Waals surface area contributed by atoms with E-state index in [1.807, 2.05) is 0 Å². The van der Waals surface area contributed by atoms with Crippen molar-refractivity contribution in [1.82, 2.24) is 10.5 Å². The smallest absolute Gasteiger partial charge is 0.328 e. The minimum Gasteiger partial charge on any atom is -0.489 e. The van der Waals surface area contributed by atoms with E-state index >= 15 is 0 Å². The Morgan fingerprint density at radius 1 is 1.15 bits per heavy atom. The van der Waals surface area contributed by atoms with Gasteiger partial charge in [0.15, 0.2) is 0 Å². The first-order chi connectivity index (χ1) is 16.3. The Labute approximate surface area is 207 Å². The van der Waals surface area contributed by atoms with Crippen LogP contribution in [-0.2, 0) is 20.9 Å². The van der Waals surface area contributed by atoms with Gasteiger partial charge in [-0.1, -0.05) is 46.6 Å². The van der Waals surface area contributed by atoms with Crippen molar-refractivity contribution in [3.8, 4) is 17.0 Å². The van der Waals surface area contributed by atoms with Crippen molar-refractivity contribution in [2.24, 2.45) is 0 Å². The van der Waals surface area contributed by atoms with Crippen LogP contribution in [0.25, 0.3) is 17.3 Å². The van der Waals surface area contributed by atoms with E-state index in [0.29, 0.717) is 32.8 Å². The lowest BCUT2D eigenvalue weighted by atomic mass is 10.1. The van der Waals surface area contributed by atoms with Crippen LogP contribution in [0.4, 0.5) is 0 Å². The lowest BCUT2D eigenvalue weighted by Gasteiger charge is -2.10. The second-order valence-corrected chi connectivity index (χ2v) is 8.15. The van der Waals surface area contributed by atoms with Crippen LogP contribution >= 0.6 is 23.2 Å². The van der Waals surface area contributed by atoms with Crippen LogP contribution in [0.15, 0.2) is 53.1 Å². The molecule has 3 rings (SSSR count). The van der Waals surface area contributed by atoms with Gasteiger partial charge in [0.25, 0.3) is 0 Å². The zero-order chi connectivity index (χ0) is 24.7. The van der Waals surface area contributed by atoms with Gasteiger partial charge in [0, 0.05) is 11.6 Å². The first-order valence-electron chi connectivity index (χ1n) is 10.6. The molecule has 0 aliphatic rings. The van der Waals surface area contributed by atoms with E-state index in [1.54, 1.807) is 69.3 Å². The lowest BCUT2D eigenvalue weighted by molar-refractivity contribution is -0.146. The normalized spacial score (nSPS) is 11.9. The number of aromatic nitrogens is 1. The number of rotatable bonds is 9. The molecule has 1 aromatic heterocycles. The molecule has 0 aliphatic heterocycles. The molecule has 0 saturated heterocycles. The van der Waals surface area contributed by atoms with Gasteiger partial charge in [-0.25, -0.2) is 4.79 Å². The maximum atomic E-state index is 12.0. The van der Waals surface area contributed by atoms with Gasteiger partial charge in [-0.2, -0.15) is 0 Å². The highest BCUT2D eigenvalue weighted by atomic mass is 35.5. The number of nitrogens with zero attached hydrogens (tertiary/aromatic N) is 1. The zero-order valence-electron chi connectivity index (χ0n) is 18.9. The highest BCUT2D eigenvalue weighted by molar-refractivity contribution is 6.39. The molecule has 1 N–H and O–H groups in total. The van der Waals surface area contributed by atoms with Gasteiger partial charge in [0.1, 0.15) is 29.9 Å². The number of carbonyl (C=O) groups excluding carboxylic acids is 2. The molecule has 0 unspecified atom stereocenters. The summed E-state index contributed by atoms with van der Waals surface area (Å²) in [5.41, 5.74) is 2.66. The Balaban J connectivity index is 1.62. The Kier molecular flexibility index (Phi) is 8.73. The largest absolute Gasteiger partial charge is 0.489 e. The highest BCUT2D eigenvalue weighted by Crippen LogP contribution is 2.37. The number of esters is 1. The predicted molar refractivity (Wildman–Crippen MR) is 131 cm³/mol. The molecular weight excluding hydrogens is 479 g/mol. The summed E-state index contributed by atoms with van der Waals surface area (Å²) in [5, 5.41) is 7.61. The van der Waals surface area contributed by atoms with Crippen LogP contribution in [0.1, 0.15) is 30.7 Å². The van der Waals surface area contributed by atoms with E-state index in [0.717, 1.165) is 11.1 Å². The van der Waals surface area contributed by atoms with Crippen LogP contribution in [-0.4, -0.2) is 29.7 Å². The Morgan fingerprint density at radius 3 is 2.47 bits per heavy atom. The van der Waals surface area contributed by atoms with Gasteiger partial charge < -0.3 is 19.3 Å². The summed E-state index contributed by atoms with van der Waals surface area (Å²) in [4.78, 5) is 23.6. The summed E-state index contributed by atoms with van der Waals surface area (Å²) in [6.07, 6.45) is 2.99. The van der Waals surface area contributed by atoms with Crippen LogP contribution in [0.5, 0.6) is 5.75 Å². The van der Waals surface area contributed by atoms with Gasteiger partial charge in [-0.15, -0.1) is 0 Å². The quantitative estimate of drug-likeness (QED) is 0.301. The number of aryl methyl sites for hydroxylation is 1. The molecule has 0 saturated carbocycles. The fourth-order valence-corrected chi connectivity index (χ4v) is 3.65. The lowest BCUT2D eigenvalue weighted by Crippen LogP contribution is -2.38. The van der Waals surface area contributed by atoms with Crippen molar-refractivity contribution in [2.45, 2.75) is 33.4 Å². The van der Waals surface area contributed by atoms with Crippen LogP contribution in [0.2, 0.25) is 10.0 Å². The van der Waals surface area contributed by atoms with Gasteiger partial charge in [-0.05, 0) is 56.7 Å². The predicted octanol–water partition coefficient (Wildman–Crippen LogP) is 5.62. The zero-order valence-corrected chi connectivity index (χ0v) is 20.4. The third-order valence-electron chi connectivity index (χ3n) is 4.87. The fourth-order valence-electron chi connectivity index (χ4n) is 3.07. The molecule has 34 heavy (non-hydrogen) atoms. The summed E-state index contributed by atoms with van der Waals surface area (Å²) in [6, 6.07) is 11.7. The van der Waals surface area contributed by atoms with E-state index in [9.17, 15) is 9.59 Å². The Bertz CT molecular complexity index is 1170. The summed E-state index contributed by atoms with van der Waals surface area (Å²) in [6.45, 7) is 5.53. The number of ether oxygens (including phenoxy) is 2. The van der Waals surface area contributed by atoms with Crippen molar-refractivity contribution >= 4 is 41.2 Å². The van der Waals surface area contributed by atoms with Crippen LogP contribution < -0.4 is 10.1 Å². The van der Waals surface area contributed by atoms with E-state index in [1.165, 1.54) is 6.08 Å². The molecule has 178 valence electrons. The average molecular weight is 503 g/mol. The first-order valence-corrected chi connectivity index (χ1v) is 11.3. The van der Waals surface area contributed by atoms with Crippen molar-refractivity contribution in [3.05, 3.63) is 75.5 Å². The number of amides is 1.